The third kappa shape index (κ3) is 2.78. The molecule has 1 aliphatic rings. The Morgan fingerprint density at radius 1 is 1.13 bits per heavy atom. The van der Waals surface area contributed by atoms with Crippen LogP contribution >= 0.6 is 0 Å². The first-order chi connectivity index (χ1) is 11.3. The summed E-state index contributed by atoms with van der Waals surface area (Å²) < 4.78 is 2.27. The number of aryl methyl sites for hydroxylation is 1. The smallest absolute Gasteiger partial charge is 0.122 e. The fourth-order valence-corrected chi connectivity index (χ4v) is 3.31. The van der Waals surface area contributed by atoms with E-state index in [2.05, 4.69) is 69.0 Å². The first-order valence-electron chi connectivity index (χ1n) is 8.00. The molecule has 0 fully saturated rings. The largest absolute Gasteiger partial charge is 0.332 e. The Kier molecular flexibility index (Phi) is 3.67. The van der Waals surface area contributed by atoms with E-state index in [0.717, 1.165) is 25.5 Å². The summed E-state index contributed by atoms with van der Waals surface area (Å²) in [4.78, 5) is 11.2. The lowest BCUT2D eigenvalue weighted by molar-refractivity contribution is 0.128. The highest BCUT2D eigenvalue weighted by atomic mass is 15.3. The van der Waals surface area contributed by atoms with Crippen LogP contribution in [-0.4, -0.2) is 19.4 Å². The number of pyridine rings is 1. The quantitative estimate of drug-likeness (QED) is 0.744. The van der Waals surface area contributed by atoms with Gasteiger partial charge in [-0.15, -0.1) is 0 Å². The van der Waals surface area contributed by atoms with Crippen LogP contribution in [0, 0.1) is 6.92 Å². The van der Waals surface area contributed by atoms with E-state index < -0.39 is 0 Å². The molecule has 4 rings (SSSR count). The minimum absolute atomic E-state index is 0.366. The van der Waals surface area contributed by atoms with Gasteiger partial charge in [0.15, 0.2) is 0 Å². The summed E-state index contributed by atoms with van der Waals surface area (Å²) in [6, 6.07) is 13.2. The normalized spacial score (nSPS) is 17.9. The standard InChI is InChI=1S/C19H20N4/c1-15-11-20-8-7-17(15)12-23-14-19-21-9-10-22(19)13-18(23)16-5-3-2-4-6-16/h2-11,18H,12-14H2,1H3/t18-/m1/s1. The summed E-state index contributed by atoms with van der Waals surface area (Å²) in [6.45, 7) is 4.86. The van der Waals surface area contributed by atoms with Crippen molar-refractivity contribution in [3.8, 4) is 0 Å². The van der Waals surface area contributed by atoms with Crippen molar-refractivity contribution < 1.29 is 0 Å². The van der Waals surface area contributed by atoms with Gasteiger partial charge in [0.25, 0.3) is 0 Å². The maximum Gasteiger partial charge on any atom is 0.122 e. The molecule has 1 aromatic carbocycles. The second-order valence-electron chi connectivity index (χ2n) is 6.13. The van der Waals surface area contributed by atoms with Gasteiger partial charge in [-0.2, -0.15) is 0 Å². The molecule has 0 amide bonds. The number of nitrogens with zero attached hydrogens (tertiary/aromatic N) is 4. The molecule has 1 atom stereocenters. The molecule has 1 aliphatic heterocycles. The Morgan fingerprint density at radius 2 is 2.00 bits per heavy atom. The molecule has 116 valence electrons. The Morgan fingerprint density at radius 3 is 2.83 bits per heavy atom. The highest BCUT2D eigenvalue weighted by Gasteiger charge is 2.28. The van der Waals surface area contributed by atoms with Crippen molar-refractivity contribution in [1.29, 1.82) is 0 Å². The van der Waals surface area contributed by atoms with Crippen molar-refractivity contribution >= 4 is 0 Å². The molecule has 4 heteroatoms. The molecule has 0 spiro atoms. The van der Waals surface area contributed by atoms with Crippen LogP contribution in [-0.2, 0) is 19.6 Å². The van der Waals surface area contributed by atoms with Gasteiger partial charge in [-0.25, -0.2) is 4.98 Å². The molecule has 0 unspecified atom stereocenters. The first-order valence-corrected chi connectivity index (χ1v) is 8.00. The summed E-state index contributed by atoms with van der Waals surface area (Å²) in [5.74, 6) is 1.14. The molecular weight excluding hydrogens is 284 g/mol. The third-order valence-corrected chi connectivity index (χ3v) is 4.65. The molecule has 0 bridgehead atoms. The van der Waals surface area contributed by atoms with Gasteiger partial charge in [-0.05, 0) is 29.7 Å². The first kappa shape index (κ1) is 14.2. The van der Waals surface area contributed by atoms with Crippen molar-refractivity contribution in [3.63, 3.8) is 0 Å². The second-order valence-corrected chi connectivity index (χ2v) is 6.13. The van der Waals surface area contributed by atoms with Gasteiger partial charge in [0.1, 0.15) is 5.82 Å². The zero-order valence-corrected chi connectivity index (χ0v) is 13.3. The van der Waals surface area contributed by atoms with E-state index >= 15 is 0 Å². The number of hydrogen-bond donors (Lipinski definition) is 0. The SMILES string of the molecule is Cc1cnccc1CN1Cc2nccn2C[C@@H]1c1ccccc1. The van der Waals surface area contributed by atoms with Crippen LogP contribution in [0.3, 0.4) is 0 Å². The number of aromatic nitrogens is 3. The maximum atomic E-state index is 4.51. The lowest BCUT2D eigenvalue weighted by atomic mass is 10.0. The van der Waals surface area contributed by atoms with Crippen LogP contribution in [0.1, 0.15) is 28.6 Å². The summed E-state index contributed by atoms with van der Waals surface area (Å²) in [7, 11) is 0. The topological polar surface area (TPSA) is 34.0 Å². The van der Waals surface area contributed by atoms with Gasteiger partial charge < -0.3 is 4.57 Å². The monoisotopic (exact) mass is 304 g/mol. The van der Waals surface area contributed by atoms with E-state index in [1.54, 1.807) is 0 Å². The minimum atomic E-state index is 0.366. The average Bonchev–Trinajstić information content (AvgIpc) is 3.04. The zero-order valence-electron chi connectivity index (χ0n) is 13.3. The average molecular weight is 304 g/mol. The van der Waals surface area contributed by atoms with Crippen molar-refractivity contribution in [2.45, 2.75) is 32.6 Å². The lowest BCUT2D eigenvalue weighted by Crippen LogP contribution is -2.36. The maximum absolute atomic E-state index is 4.51. The van der Waals surface area contributed by atoms with Gasteiger partial charge in [-0.3, -0.25) is 9.88 Å². The molecule has 0 N–H and O–H groups in total. The van der Waals surface area contributed by atoms with E-state index in [4.69, 9.17) is 0 Å². The van der Waals surface area contributed by atoms with E-state index in [9.17, 15) is 0 Å². The molecule has 2 aromatic heterocycles. The Labute approximate surface area is 136 Å². The van der Waals surface area contributed by atoms with Crippen LogP contribution in [0.15, 0.2) is 61.2 Å². The predicted molar refractivity (Wildman–Crippen MR) is 89.6 cm³/mol. The number of benzene rings is 1. The molecule has 3 aromatic rings. The van der Waals surface area contributed by atoms with Gasteiger partial charge in [-0.1, -0.05) is 30.3 Å². The van der Waals surface area contributed by atoms with Crippen LogP contribution in [0.4, 0.5) is 0 Å². The molecule has 0 radical (unpaired) electrons. The number of rotatable bonds is 3. The molecule has 0 saturated heterocycles. The van der Waals surface area contributed by atoms with Crippen LogP contribution in [0.2, 0.25) is 0 Å². The summed E-state index contributed by atoms with van der Waals surface area (Å²) >= 11 is 0. The summed E-state index contributed by atoms with van der Waals surface area (Å²) in [5.41, 5.74) is 3.94. The van der Waals surface area contributed by atoms with E-state index in [-0.39, 0.29) is 0 Å². The lowest BCUT2D eigenvalue weighted by Gasteiger charge is -2.36. The fourth-order valence-electron chi connectivity index (χ4n) is 3.31. The minimum Gasteiger partial charge on any atom is -0.332 e. The number of fused-ring (bicyclic) bond motifs is 1. The molecule has 23 heavy (non-hydrogen) atoms. The van der Waals surface area contributed by atoms with Gasteiger partial charge >= 0.3 is 0 Å². The van der Waals surface area contributed by atoms with Crippen LogP contribution in [0.5, 0.6) is 0 Å². The Bertz CT molecular complexity index is 794. The fraction of sp³-hybridized carbons (Fsp3) is 0.263. The van der Waals surface area contributed by atoms with E-state index in [1.165, 1.54) is 16.7 Å². The van der Waals surface area contributed by atoms with Crippen LogP contribution in [0.25, 0.3) is 0 Å². The second kappa shape index (κ2) is 5.97. The Balaban J connectivity index is 1.68. The summed E-state index contributed by atoms with van der Waals surface area (Å²) in [6.07, 6.45) is 7.81. The third-order valence-electron chi connectivity index (χ3n) is 4.65. The van der Waals surface area contributed by atoms with E-state index in [1.807, 2.05) is 18.6 Å². The zero-order chi connectivity index (χ0) is 15.6. The van der Waals surface area contributed by atoms with Gasteiger partial charge in [0.2, 0.25) is 0 Å². The van der Waals surface area contributed by atoms with Crippen molar-refractivity contribution in [2.24, 2.45) is 0 Å². The van der Waals surface area contributed by atoms with Gasteiger partial charge in [0, 0.05) is 37.9 Å². The highest BCUT2D eigenvalue weighted by molar-refractivity contribution is 5.24. The molecule has 4 nitrogen and oxygen atoms in total. The molecule has 0 aliphatic carbocycles. The Hall–Kier alpha value is -2.46. The molecule has 0 saturated carbocycles. The van der Waals surface area contributed by atoms with Crippen molar-refractivity contribution in [1.82, 2.24) is 19.4 Å². The molecular formula is C19H20N4. The predicted octanol–water partition coefficient (Wildman–Crippen LogP) is 3.34. The highest BCUT2D eigenvalue weighted by Crippen LogP contribution is 2.30. The summed E-state index contributed by atoms with van der Waals surface area (Å²) in [5, 5.41) is 0. The number of hydrogen-bond acceptors (Lipinski definition) is 3. The molecule has 3 heterocycles. The number of imidazole rings is 1. The van der Waals surface area contributed by atoms with E-state index in [0.29, 0.717) is 6.04 Å². The van der Waals surface area contributed by atoms with Gasteiger partial charge in [0.05, 0.1) is 12.6 Å². The van der Waals surface area contributed by atoms with Crippen LogP contribution < -0.4 is 0 Å². The van der Waals surface area contributed by atoms with Crippen molar-refractivity contribution in [3.05, 3.63) is 83.7 Å². The van der Waals surface area contributed by atoms with Crippen molar-refractivity contribution in [2.75, 3.05) is 0 Å².